The second kappa shape index (κ2) is 44.6. The van der Waals surface area contributed by atoms with E-state index >= 15 is 0 Å². The van der Waals surface area contributed by atoms with Gasteiger partial charge in [-0.2, -0.15) is 20.4 Å². The van der Waals surface area contributed by atoms with E-state index in [0.717, 1.165) is 147 Å². The quantitative estimate of drug-likeness (QED) is 0.0487. The van der Waals surface area contributed by atoms with Gasteiger partial charge in [0.15, 0.2) is 42.5 Å². The van der Waals surface area contributed by atoms with E-state index in [1.165, 1.54) is 19.3 Å². The summed E-state index contributed by atoms with van der Waals surface area (Å²) in [5.74, 6) is 5.49. The van der Waals surface area contributed by atoms with Crippen molar-refractivity contribution in [3.63, 3.8) is 0 Å². The Morgan fingerprint density at radius 3 is 1.15 bits per heavy atom. The normalized spacial score (nSPS) is 16.2. The van der Waals surface area contributed by atoms with Gasteiger partial charge in [0.25, 0.3) is 23.6 Å². The fourth-order valence-electron chi connectivity index (χ4n) is 16.4. The van der Waals surface area contributed by atoms with Crippen LogP contribution in [-0.4, -0.2) is 193 Å². The van der Waals surface area contributed by atoms with Gasteiger partial charge in [0, 0.05) is 138 Å². The number of halogens is 10. The number of hydrazine groups is 4. The molecule has 8 aromatic carbocycles. The summed E-state index contributed by atoms with van der Waals surface area (Å²) >= 11 is 56.2. The number of nitrogens with two attached hydrogens (primary N) is 1. The van der Waals surface area contributed by atoms with E-state index in [4.69, 9.17) is 109 Å². The molecule has 8 heterocycles. The molecule has 12 aromatic rings. The van der Waals surface area contributed by atoms with E-state index in [0.29, 0.717) is 91.9 Å². The number of carbonyl (C=O) groups excluding carboxylic acids is 4. The molecule has 133 heavy (non-hydrogen) atoms. The number of nitrogens with one attached hydrogen (secondary N) is 3. The molecule has 0 bridgehead atoms. The first-order chi connectivity index (χ1) is 63.6. The maximum atomic E-state index is 13.6. The Hall–Kier alpha value is -8.73. The van der Waals surface area contributed by atoms with Crippen molar-refractivity contribution in [2.75, 3.05) is 82.4 Å². The number of hydrogen-bond acceptors (Lipinski definition) is 17. The van der Waals surface area contributed by atoms with Gasteiger partial charge >= 0.3 is 0 Å². The van der Waals surface area contributed by atoms with Crippen molar-refractivity contribution in [2.24, 2.45) is 5.73 Å². The van der Waals surface area contributed by atoms with Gasteiger partial charge in [0.2, 0.25) is 0 Å². The lowest BCUT2D eigenvalue weighted by molar-refractivity contribution is -0.00556. The molecule has 4 amide bonds. The lowest BCUT2D eigenvalue weighted by Gasteiger charge is -2.34. The summed E-state index contributed by atoms with van der Waals surface area (Å²) in [5, 5.41) is 31.6. The topological polar surface area (TPSA) is 286 Å². The largest absolute Gasteiger partial charge is 0.315 e. The standard InChI is InChI=1S/C30H33Cl2N5O.C24H25BrCl2N4O.C21H19Cl2IN4O3S.C21H20Cl2N4O3S/c1-21-27(29(38)35-36-18-6-3-7-19-36)34-37(26-13-12-24(31)20-25(26)32)28(21)23-10-8-22(9-11-23)14-17-30(33)15-4-2-5-16-30;1-3-19-22(24(32)29(2)30-13-5-4-6-14-30)28-31(21-12-11-18(26)15-20(21)27)23(19)16-7-9-17(25)10-8-16;1-13-19(21(29)26-27-8-10-32(30,31)11-9-27)25-28(18-7-4-15(22)12-17(18)23)20(13)14-2-5-16(24)6-3-14;1-14-19(21(28)25-26-9-11-31(29,30)12-10-26)24-27(18-8-7-16(22)13-17(18)23)20(14)15-5-3-2-4-6-15/h8-13,20H,2-7,15-16,18-19,33H2,1H3,(H,35,38);7-12,15H,3-6,13-14H2,1-2H3;2-7,12H,8-11H2,1H3,(H,26,29);2-8,13H,9-12H2,1H3,(H,25,28). The van der Waals surface area contributed by atoms with E-state index in [1.807, 2.05) is 155 Å². The van der Waals surface area contributed by atoms with Gasteiger partial charge in [-0.3, -0.25) is 40.5 Å². The van der Waals surface area contributed by atoms with Gasteiger partial charge in [-0.1, -0.05) is 226 Å². The third-order valence-electron chi connectivity index (χ3n) is 23.6. The second-order valence-corrected chi connectivity index (χ2v) is 43.1. The van der Waals surface area contributed by atoms with Crippen molar-refractivity contribution >= 4 is 175 Å². The van der Waals surface area contributed by atoms with Gasteiger partial charge in [-0.05, 0) is 198 Å². The van der Waals surface area contributed by atoms with Crippen molar-refractivity contribution in [3.05, 3.63) is 275 Å². The Morgan fingerprint density at radius 2 is 0.767 bits per heavy atom. The maximum Gasteiger partial charge on any atom is 0.288 e. The van der Waals surface area contributed by atoms with Crippen LogP contribution in [-0.2, 0) is 26.1 Å². The number of piperidine rings is 2. The first-order valence-electron chi connectivity index (χ1n) is 43.5. The van der Waals surface area contributed by atoms with Crippen LogP contribution in [0.25, 0.3) is 67.8 Å². The Kier molecular flexibility index (Phi) is 33.6. The zero-order chi connectivity index (χ0) is 94.7. The van der Waals surface area contributed by atoms with Gasteiger partial charge < -0.3 is 5.73 Å². The molecule has 25 nitrogen and oxygen atoms in total. The minimum absolute atomic E-state index is 0.00891. The Labute approximate surface area is 836 Å². The zero-order valence-corrected chi connectivity index (χ0v) is 84.9. The van der Waals surface area contributed by atoms with Gasteiger partial charge in [-0.15, -0.1) is 0 Å². The SMILES string of the molecule is CCc1c(C(=O)N(C)N2CCCCC2)nn(-c2ccc(Cl)cc2Cl)c1-c1ccc(Br)cc1.Cc1c(C(=O)NN2CCCCC2)nn(-c2ccc(Cl)cc2Cl)c1-c1ccc(C#CC2(N)CCCCC2)cc1.Cc1c(C(=O)NN2CCS(=O)(=O)CC2)nn(-c2ccc(Cl)cc2Cl)c1-c1ccc(I)cc1.Cc1c(C(=O)NN2CCS(=O)(=O)CC2)nn(-c2ccc(Cl)cc2Cl)c1-c1ccccc1. The van der Waals surface area contributed by atoms with Crippen LogP contribution in [0.2, 0.25) is 40.2 Å². The van der Waals surface area contributed by atoms with E-state index in [1.54, 1.807) is 94.4 Å². The molecule has 17 rings (SSSR count). The molecule has 0 unspecified atom stereocenters. The summed E-state index contributed by atoms with van der Waals surface area (Å²) < 4.78 is 55.5. The highest BCUT2D eigenvalue weighted by atomic mass is 127. The number of hydrogen-bond donors (Lipinski definition) is 4. The van der Waals surface area contributed by atoms with Gasteiger partial charge in [-0.25, -0.2) is 55.6 Å². The molecule has 0 radical (unpaired) electrons. The number of carbonyl (C=O) groups is 4. The molecule has 696 valence electrons. The van der Waals surface area contributed by atoms with Crippen molar-refractivity contribution in [1.82, 2.24) is 80.4 Å². The first-order valence-corrected chi connectivity index (χ1v) is 52.0. The number of aromatic nitrogens is 8. The number of amides is 4. The van der Waals surface area contributed by atoms with E-state index in [-0.39, 0.29) is 72.4 Å². The Balaban J connectivity index is 0.000000143. The third-order valence-corrected chi connectivity index (χ3v) is 30.2. The molecule has 1 aliphatic carbocycles. The minimum atomic E-state index is -3.05. The Morgan fingerprint density at radius 1 is 0.436 bits per heavy atom. The zero-order valence-electron chi connectivity index (χ0n) is 73.5. The molecule has 1 saturated carbocycles. The number of sulfone groups is 2. The molecular formula is C96H97BrCl8IN17O8S2. The van der Waals surface area contributed by atoms with Crippen LogP contribution in [0.5, 0.6) is 0 Å². The fraction of sp³-hybridized carbons (Fsp3) is 0.312. The van der Waals surface area contributed by atoms with E-state index in [2.05, 4.69) is 81.8 Å². The molecule has 5 aliphatic rings. The smallest absolute Gasteiger partial charge is 0.288 e. The molecule has 5 fully saturated rings. The van der Waals surface area contributed by atoms with Gasteiger partial charge in [0.05, 0.1) is 94.2 Å². The van der Waals surface area contributed by atoms with Crippen molar-refractivity contribution in [3.8, 4) is 79.6 Å². The highest BCUT2D eigenvalue weighted by molar-refractivity contribution is 14.1. The van der Waals surface area contributed by atoms with Crippen LogP contribution in [0.15, 0.2) is 180 Å². The summed E-state index contributed by atoms with van der Waals surface area (Å²) in [6.07, 6.45) is 12.8. The van der Waals surface area contributed by atoms with Crippen LogP contribution < -0.4 is 22.0 Å². The van der Waals surface area contributed by atoms with Crippen LogP contribution in [0.3, 0.4) is 0 Å². The highest BCUT2D eigenvalue weighted by Crippen LogP contribution is 2.40. The predicted molar refractivity (Wildman–Crippen MR) is 543 cm³/mol. The molecule has 0 atom stereocenters. The molecule has 4 aromatic heterocycles. The maximum absolute atomic E-state index is 13.6. The van der Waals surface area contributed by atoms with Crippen LogP contribution in [0.4, 0.5) is 0 Å². The lowest BCUT2D eigenvalue weighted by atomic mass is 9.83. The number of nitrogens with zero attached hydrogens (tertiary/aromatic N) is 13. The highest BCUT2D eigenvalue weighted by Gasteiger charge is 2.35. The van der Waals surface area contributed by atoms with Crippen LogP contribution in [0.1, 0.15) is 147 Å². The van der Waals surface area contributed by atoms with Gasteiger partial charge in [0.1, 0.15) is 0 Å². The minimum Gasteiger partial charge on any atom is -0.315 e. The Bertz CT molecular complexity index is 6590. The summed E-state index contributed by atoms with van der Waals surface area (Å²) in [6.45, 7) is 12.0. The fourth-order valence-corrected chi connectivity index (χ4v) is 21.4. The third kappa shape index (κ3) is 24.6. The molecule has 37 heteroatoms. The molecular weight excluding hydrogens is 2070 g/mol. The van der Waals surface area contributed by atoms with Crippen molar-refractivity contribution < 1.29 is 36.0 Å². The average molecular weight is 2170 g/mol. The molecule has 5 N–H and O–H groups in total. The van der Waals surface area contributed by atoms with Crippen LogP contribution in [0, 0.1) is 36.2 Å². The summed E-state index contributed by atoms with van der Waals surface area (Å²) in [4.78, 5) is 53.0. The first kappa shape index (κ1) is 100. The second-order valence-electron chi connectivity index (χ2n) is 32.9. The summed E-state index contributed by atoms with van der Waals surface area (Å²) in [6, 6.07) is 54.2. The monoisotopic (exact) mass is 2170 g/mol. The van der Waals surface area contributed by atoms with Crippen molar-refractivity contribution in [2.45, 2.75) is 110 Å². The summed E-state index contributed by atoms with van der Waals surface area (Å²) in [7, 11) is -4.26. The predicted octanol–water partition coefficient (Wildman–Crippen LogP) is 20.6. The number of rotatable bonds is 17. The number of benzene rings is 8. The lowest BCUT2D eigenvalue weighted by Crippen LogP contribution is -2.50. The van der Waals surface area contributed by atoms with Crippen molar-refractivity contribution in [1.29, 1.82) is 0 Å². The summed E-state index contributed by atoms with van der Waals surface area (Å²) in [5.41, 5.74) is 29.2. The van der Waals surface area contributed by atoms with E-state index in [9.17, 15) is 36.0 Å². The van der Waals surface area contributed by atoms with Crippen LogP contribution >= 0.6 is 131 Å². The average Bonchev–Trinajstić information content (AvgIpc) is 1.61. The molecule has 4 saturated heterocycles. The molecule has 4 aliphatic heterocycles. The van der Waals surface area contributed by atoms with E-state index < -0.39 is 37.0 Å². The molecule has 0 spiro atoms.